The summed E-state index contributed by atoms with van der Waals surface area (Å²) in [5.41, 5.74) is 0. The third kappa shape index (κ3) is 2.31. The molecule has 0 saturated carbocycles. The summed E-state index contributed by atoms with van der Waals surface area (Å²) in [6, 6.07) is 5.32. The van der Waals surface area contributed by atoms with Gasteiger partial charge in [-0.25, -0.2) is 4.39 Å². The lowest BCUT2D eigenvalue weighted by Gasteiger charge is -2.29. The molecular weight excluding hydrogens is 241 g/mol. The number of halogens is 2. The molecule has 90 valence electrons. The topological polar surface area (TPSA) is 21.3 Å². The molecule has 3 atom stereocenters. The lowest BCUT2D eigenvalue weighted by molar-refractivity contribution is 0.142. The van der Waals surface area contributed by atoms with Crippen LogP contribution in [0.25, 0.3) is 0 Å². The van der Waals surface area contributed by atoms with Crippen LogP contribution in [0.2, 0.25) is 5.02 Å². The van der Waals surface area contributed by atoms with E-state index in [0.29, 0.717) is 17.8 Å². The van der Waals surface area contributed by atoms with E-state index in [1.807, 2.05) is 0 Å². The Kier molecular flexibility index (Phi) is 2.81. The van der Waals surface area contributed by atoms with Gasteiger partial charge in [0, 0.05) is 31.0 Å². The fraction of sp³-hybridized carbons (Fsp3) is 0.385. The highest BCUT2D eigenvalue weighted by Gasteiger charge is 2.30. The van der Waals surface area contributed by atoms with Crippen LogP contribution in [0.4, 0.5) is 4.39 Å². The van der Waals surface area contributed by atoms with E-state index in [1.54, 1.807) is 6.07 Å². The molecule has 1 aromatic rings. The predicted octanol–water partition coefficient (Wildman–Crippen LogP) is 2.92. The highest BCUT2D eigenvalue weighted by molar-refractivity contribution is 6.30. The molecule has 2 nitrogen and oxygen atoms in total. The predicted molar refractivity (Wildman–Crippen MR) is 64.9 cm³/mol. The van der Waals surface area contributed by atoms with Crippen molar-refractivity contribution in [3.63, 3.8) is 0 Å². The molecule has 1 saturated heterocycles. The van der Waals surface area contributed by atoms with Crippen molar-refractivity contribution in [2.75, 3.05) is 0 Å². The SMILES string of the molecule is Fc1ccc(OC2C[C@H]3C=C[C@@H](C2)N3)cc1Cl. The Morgan fingerprint density at radius 2 is 1.94 bits per heavy atom. The monoisotopic (exact) mass is 253 g/mol. The van der Waals surface area contributed by atoms with Crippen LogP contribution in [0.3, 0.4) is 0 Å². The largest absolute Gasteiger partial charge is 0.490 e. The number of hydrogen-bond acceptors (Lipinski definition) is 2. The molecule has 4 heteroatoms. The highest BCUT2D eigenvalue weighted by Crippen LogP contribution is 2.27. The van der Waals surface area contributed by atoms with Crippen LogP contribution in [0.5, 0.6) is 5.75 Å². The zero-order chi connectivity index (χ0) is 11.8. The maximum atomic E-state index is 13.0. The van der Waals surface area contributed by atoms with E-state index in [9.17, 15) is 4.39 Å². The van der Waals surface area contributed by atoms with Crippen molar-refractivity contribution < 1.29 is 9.13 Å². The van der Waals surface area contributed by atoms with Crippen LogP contribution in [0.1, 0.15) is 12.8 Å². The summed E-state index contributed by atoms with van der Waals surface area (Å²) in [6.45, 7) is 0. The maximum Gasteiger partial charge on any atom is 0.142 e. The van der Waals surface area contributed by atoms with Crippen molar-refractivity contribution in [1.82, 2.24) is 5.32 Å². The summed E-state index contributed by atoms with van der Waals surface area (Å²) in [6.07, 6.45) is 6.43. The lowest BCUT2D eigenvalue weighted by Crippen LogP contribution is -2.43. The minimum absolute atomic E-state index is 0.109. The van der Waals surface area contributed by atoms with Gasteiger partial charge in [-0.2, -0.15) is 0 Å². The van der Waals surface area contributed by atoms with Crippen molar-refractivity contribution in [3.05, 3.63) is 41.2 Å². The Balaban J connectivity index is 1.69. The second-order valence-electron chi connectivity index (χ2n) is 4.55. The van der Waals surface area contributed by atoms with Crippen LogP contribution >= 0.6 is 11.6 Å². The Morgan fingerprint density at radius 1 is 1.24 bits per heavy atom. The van der Waals surface area contributed by atoms with Crippen LogP contribution < -0.4 is 10.1 Å². The summed E-state index contributed by atoms with van der Waals surface area (Å²) in [5, 5.41) is 3.56. The molecule has 1 unspecified atom stereocenters. The van der Waals surface area contributed by atoms with Gasteiger partial charge in [0.2, 0.25) is 0 Å². The van der Waals surface area contributed by atoms with E-state index in [2.05, 4.69) is 17.5 Å². The van der Waals surface area contributed by atoms with Crippen molar-refractivity contribution in [2.24, 2.45) is 0 Å². The Morgan fingerprint density at radius 3 is 2.59 bits per heavy atom. The summed E-state index contributed by atoms with van der Waals surface area (Å²) < 4.78 is 18.8. The normalized spacial score (nSPS) is 30.6. The van der Waals surface area contributed by atoms with Gasteiger partial charge in [-0.1, -0.05) is 23.8 Å². The van der Waals surface area contributed by atoms with Gasteiger partial charge in [0.1, 0.15) is 17.7 Å². The molecule has 2 aliphatic heterocycles. The fourth-order valence-corrected chi connectivity index (χ4v) is 2.62. The minimum atomic E-state index is -0.411. The lowest BCUT2D eigenvalue weighted by atomic mass is 10.0. The first-order valence-electron chi connectivity index (χ1n) is 5.77. The first kappa shape index (κ1) is 11.1. The minimum Gasteiger partial charge on any atom is -0.490 e. The van der Waals surface area contributed by atoms with Crippen LogP contribution in [-0.4, -0.2) is 18.2 Å². The highest BCUT2D eigenvalue weighted by atomic mass is 35.5. The first-order valence-corrected chi connectivity index (χ1v) is 6.14. The third-order valence-corrected chi connectivity index (χ3v) is 3.52. The second-order valence-corrected chi connectivity index (χ2v) is 4.96. The molecule has 0 aromatic heterocycles. The Hall–Kier alpha value is -1.06. The zero-order valence-corrected chi connectivity index (χ0v) is 9.95. The average Bonchev–Trinajstić information content (AvgIpc) is 2.64. The number of rotatable bonds is 2. The van der Waals surface area contributed by atoms with Gasteiger partial charge >= 0.3 is 0 Å². The summed E-state index contributed by atoms with van der Waals surface area (Å²) >= 11 is 5.72. The number of hydrogen-bond donors (Lipinski definition) is 1. The molecule has 1 N–H and O–H groups in total. The van der Waals surface area contributed by atoms with E-state index in [1.165, 1.54) is 12.1 Å². The van der Waals surface area contributed by atoms with Gasteiger partial charge < -0.3 is 10.1 Å². The molecule has 1 fully saturated rings. The van der Waals surface area contributed by atoms with Gasteiger partial charge in [0.15, 0.2) is 0 Å². The van der Waals surface area contributed by atoms with E-state index in [0.717, 1.165) is 12.8 Å². The van der Waals surface area contributed by atoms with Crippen molar-refractivity contribution in [1.29, 1.82) is 0 Å². The molecule has 0 radical (unpaired) electrons. The molecule has 0 amide bonds. The van der Waals surface area contributed by atoms with Gasteiger partial charge in [-0.3, -0.25) is 0 Å². The van der Waals surface area contributed by atoms with Crippen molar-refractivity contribution >= 4 is 11.6 Å². The van der Waals surface area contributed by atoms with E-state index in [-0.39, 0.29) is 11.1 Å². The van der Waals surface area contributed by atoms with Gasteiger partial charge in [-0.05, 0) is 12.1 Å². The van der Waals surface area contributed by atoms with Crippen LogP contribution in [0, 0.1) is 5.82 Å². The Labute approximate surface area is 104 Å². The van der Waals surface area contributed by atoms with E-state index < -0.39 is 5.82 Å². The van der Waals surface area contributed by atoms with Gasteiger partial charge in [0.25, 0.3) is 0 Å². The molecule has 2 heterocycles. The Bertz CT molecular complexity index is 449. The fourth-order valence-electron chi connectivity index (χ4n) is 2.45. The maximum absolute atomic E-state index is 13.0. The number of ether oxygens (including phenoxy) is 1. The summed E-state index contributed by atoms with van der Waals surface area (Å²) in [7, 11) is 0. The third-order valence-electron chi connectivity index (χ3n) is 3.23. The molecule has 0 spiro atoms. The molecule has 2 bridgehead atoms. The number of fused-ring (bicyclic) bond motifs is 2. The van der Waals surface area contributed by atoms with Crippen molar-refractivity contribution in [3.8, 4) is 5.75 Å². The molecule has 2 aliphatic rings. The molecular formula is C13H13ClFNO. The smallest absolute Gasteiger partial charge is 0.142 e. The molecule has 3 rings (SSSR count). The zero-order valence-electron chi connectivity index (χ0n) is 9.20. The molecule has 17 heavy (non-hydrogen) atoms. The van der Waals surface area contributed by atoms with E-state index in [4.69, 9.17) is 16.3 Å². The van der Waals surface area contributed by atoms with Crippen LogP contribution in [0.15, 0.2) is 30.4 Å². The molecule has 0 aliphatic carbocycles. The summed E-state index contributed by atoms with van der Waals surface area (Å²) in [5.74, 6) is 0.230. The van der Waals surface area contributed by atoms with Crippen molar-refractivity contribution in [2.45, 2.75) is 31.0 Å². The molecule has 1 aromatic carbocycles. The first-order chi connectivity index (χ1) is 8.20. The number of benzene rings is 1. The average molecular weight is 254 g/mol. The standard InChI is InChI=1S/C13H13ClFNO/c14-12-7-10(3-4-13(12)15)17-11-5-8-1-2-9(6-11)16-8/h1-4,7-9,11,16H,5-6H2/t8-,9+,11?. The second kappa shape index (κ2) is 4.31. The van der Waals surface area contributed by atoms with Gasteiger partial charge in [-0.15, -0.1) is 0 Å². The van der Waals surface area contributed by atoms with Crippen LogP contribution in [-0.2, 0) is 0 Å². The summed E-state index contributed by atoms with van der Waals surface area (Å²) in [4.78, 5) is 0. The number of piperidine rings is 1. The van der Waals surface area contributed by atoms with E-state index >= 15 is 0 Å². The quantitative estimate of drug-likeness (QED) is 0.819. The number of nitrogens with one attached hydrogen (secondary N) is 1. The van der Waals surface area contributed by atoms with Gasteiger partial charge in [0.05, 0.1) is 5.02 Å².